The summed E-state index contributed by atoms with van der Waals surface area (Å²) in [5.41, 5.74) is 0. The van der Waals surface area contributed by atoms with Crippen LogP contribution in [-0.4, -0.2) is 13.3 Å². The van der Waals surface area contributed by atoms with E-state index in [0.717, 1.165) is 10.6 Å². The van der Waals surface area contributed by atoms with Gasteiger partial charge in [0.25, 0.3) is 0 Å². The average Bonchev–Trinajstić information content (AvgIpc) is 2.39. The molecular weight excluding hydrogens is 292 g/mol. The highest BCUT2D eigenvalue weighted by atomic mass is 32.4. The van der Waals surface area contributed by atoms with Gasteiger partial charge in [0.1, 0.15) is 0 Å². The van der Waals surface area contributed by atoms with E-state index >= 15 is 0 Å². The number of hydrogen-bond donors (Lipinski definition) is 1. The van der Waals surface area contributed by atoms with Gasteiger partial charge in [-0.3, -0.25) is 4.57 Å². The first-order chi connectivity index (χ1) is 8.92. The second kappa shape index (κ2) is 5.73. The Labute approximate surface area is 119 Å². The van der Waals surface area contributed by atoms with Crippen LogP contribution in [0, 0.1) is 0 Å². The van der Waals surface area contributed by atoms with Gasteiger partial charge in [0, 0.05) is 16.8 Å². The van der Waals surface area contributed by atoms with Crippen LogP contribution < -0.4 is 15.5 Å². The van der Waals surface area contributed by atoms with E-state index in [1.165, 1.54) is 0 Å². The van der Waals surface area contributed by atoms with Crippen LogP contribution in [0.25, 0.3) is 0 Å². The molecule has 0 aliphatic rings. The Hall–Kier alpha value is -0.720. The molecular formula is C14H17NOP2S. The maximum absolute atomic E-state index is 13.5. The van der Waals surface area contributed by atoms with Crippen LogP contribution in [0.15, 0.2) is 60.7 Å². The van der Waals surface area contributed by atoms with Crippen LogP contribution >= 0.6 is 13.5 Å². The van der Waals surface area contributed by atoms with Crippen molar-refractivity contribution < 1.29 is 4.57 Å². The molecule has 2 rings (SSSR count). The number of benzene rings is 2. The lowest BCUT2D eigenvalue weighted by molar-refractivity contribution is 0.586. The highest BCUT2D eigenvalue weighted by molar-refractivity contribution is 8.15. The van der Waals surface area contributed by atoms with Crippen LogP contribution in [0.4, 0.5) is 0 Å². The van der Waals surface area contributed by atoms with Crippen LogP contribution in [0.2, 0.25) is 0 Å². The van der Waals surface area contributed by atoms with E-state index in [9.17, 15) is 4.57 Å². The lowest BCUT2D eigenvalue weighted by Crippen LogP contribution is -2.25. The van der Waals surface area contributed by atoms with Crippen LogP contribution in [0.1, 0.15) is 0 Å². The summed E-state index contributed by atoms with van der Waals surface area (Å²) in [5, 5.41) is 1.61. The fourth-order valence-corrected chi connectivity index (χ4v) is 8.03. The molecule has 0 spiro atoms. The van der Waals surface area contributed by atoms with E-state index in [4.69, 9.17) is 11.8 Å². The zero-order valence-electron chi connectivity index (χ0n) is 11.0. The first kappa shape index (κ1) is 14.7. The van der Waals surface area contributed by atoms with Gasteiger partial charge in [0.05, 0.1) is 0 Å². The largest absolute Gasteiger partial charge is 0.296 e. The minimum absolute atomic E-state index is 0.805. The molecule has 0 saturated carbocycles. The van der Waals surface area contributed by atoms with E-state index in [0.29, 0.717) is 0 Å². The fraction of sp³-hybridized carbons (Fsp3) is 0.143. The first-order valence-corrected chi connectivity index (χ1v) is 11.4. The third-order valence-electron chi connectivity index (χ3n) is 2.62. The van der Waals surface area contributed by atoms with Crippen molar-refractivity contribution in [2.24, 2.45) is 0 Å². The maximum atomic E-state index is 13.5. The van der Waals surface area contributed by atoms with Crippen molar-refractivity contribution in [3.63, 3.8) is 0 Å². The summed E-state index contributed by atoms with van der Waals surface area (Å²) < 4.78 is 13.5. The molecule has 2 aromatic carbocycles. The molecule has 0 saturated heterocycles. The Morgan fingerprint density at radius 1 is 0.842 bits per heavy atom. The van der Waals surface area contributed by atoms with Gasteiger partial charge < -0.3 is 0 Å². The van der Waals surface area contributed by atoms with Crippen LogP contribution in [0.5, 0.6) is 0 Å². The molecule has 1 N–H and O–H groups in total. The topological polar surface area (TPSA) is 29.1 Å². The Kier molecular flexibility index (Phi) is 4.43. The van der Waals surface area contributed by atoms with Crippen LogP contribution in [0.3, 0.4) is 0 Å². The molecule has 0 fully saturated rings. The van der Waals surface area contributed by atoms with E-state index in [1.54, 1.807) is 0 Å². The monoisotopic (exact) mass is 309 g/mol. The van der Waals surface area contributed by atoms with Crippen molar-refractivity contribution in [1.29, 1.82) is 0 Å². The third kappa shape index (κ3) is 3.64. The molecule has 2 nitrogen and oxygen atoms in total. The summed E-state index contributed by atoms with van der Waals surface area (Å²) in [6, 6.07) is 19.0. The fourth-order valence-electron chi connectivity index (χ4n) is 1.88. The van der Waals surface area contributed by atoms with Crippen molar-refractivity contribution in [3.05, 3.63) is 60.7 Å². The summed E-state index contributed by atoms with van der Waals surface area (Å²) in [6.07, 6.45) is -1.80. The van der Waals surface area contributed by atoms with E-state index in [2.05, 4.69) is 4.86 Å². The Morgan fingerprint density at radius 3 is 1.53 bits per heavy atom. The highest BCUT2D eigenvalue weighted by Gasteiger charge is 2.29. The molecule has 0 unspecified atom stereocenters. The summed E-state index contributed by atoms with van der Waals surface area (Å²) >= 11 is 5.46. The Morgan fingerprint density at radius 2 is 1.21 bits per heavy atom. The highest BCUT2D eigenvalue weighted by Crippen LogP contribution is 2.49. The number of nitrogens with one attached hydrogen (secondary N) is 1. The van der Waals surface area contributed by atoms with Gasteiger partial charge in [-0.1, -0.05) is 48.2 Å². The van der Waals surface area contributed by atoms with E-state index in [-0.39, 0.29) is 0 Å². The minimum atomic E-state index is -2.85. The Balaban J connectivity index is 2.58. The zero-order chi connectivity index (χ0) is 13.9. The quantitative estimate of drug-likeness (QED) is 0.880. The molecule has 0 radical (unpaired) electrons. The minimum Gasteiger partial charge on any atom is -0.296 e. The predicted molar refractivity (Wildman–Crippen MR) is 89.0 cm³/mol. The zero-order valence-corrected chi connectivity index (χ0v) is 13.6. The van der Waals surface area contributed by atoms with Gasteiger partial charge in [-0.05, 0) is 37.6 Å². The maximum Gasteiger partial charge on any atom is 0.208 e. The molecule has 0 aromatic heterocycles. The van der Waals surface area contributed by atoms with E-state index < -0.39 is 13.5 Å². The standard InChI is InChI=1S/C14H17NOP2S/c1-17(2,19)15-18(16,13-9-5-3-6-10-13)14-11-7-4-8-12-14/h3-12H,1-2H3,(H,15,16,19). The van der Waals surface area contributed by atoms with Crippen LogP contribution in [-0.2, 0) is 16.4 Å². The number of hydrogen-bond acceptors (Lipinski definition) is 2. The molecule has 100 valence electrons. The van der Waals surface area contributed by atoms with Crippen molar-refractivity contribution in [2.45, 2.75) is 0 Å². The molecule has 0 aliphatic carbocycles. The molecule has 19 heavy (non-hydrogen) atoms. The molecule has 0 amide bonds. The SMILES string of the molecule is CP(C)(=S)NP(=O)(c1ccccc1)c1ccccc1. The van der Waals surface area contributed by atoms with E-state index in [1.807, 2.05) is 74.0 Å². The summed E-state index contributed by atoms with van der Waals surface area (Å²) in [5.74, 6) is 0. The summed E-state index contributed by atoms with van der Waals surface area (Å²) in [6.45, 7) is 3.92. The van der Waals surface area contributed by atoms with Gasteiger partial charge in [0.15, 0.2) is 0 Å². The lowest BCUT2D eigenvalue weighted by Gasteiger charge is -2.24. The van der Waals surface area contributed by atoms with Gasteiger partial charge >= 0.3 is 0 Å². The molecule has 0 bridgehead atoms. The summed E-state index contributed by atoms with van der Waals surface area (Å²) in [4.78, 5) is 3.25. The second-order valence-corrected chi connectivity index (χ2v) is 13.2. The van der Waals surface area contributed by atoms with Crippen molar-refractivity contribution in [3.8, 4) is 0 Å². The molecule has 5 heteroatoms. The summed E-state index contributed by atoms with van der Waals surface area (Å²) in [7, 11) is -2.85. The van der Waals surface area contributed by atoms with Crippen molar-refractivity contribution >= 4 is 35.9 Å². The normalized spacial score (nSPS) is 12.3. The Bertz CT molecular complexity index is 594. The third-order valence-corrected chi connectivity index (χ3v) is 8.46. The smallest absolute Gasteiger partial charge is 0.208 e. The first-order valence-electron chi connectivity index (χ1n) is 5.98. The number of rotatable bonds is 4. The van der Waals surface area contributed by atoms with Gasteiger partial charge in [0.2, 0.25) is 7.29 Å². The molecule has 0 aliphatic heterocycles. The molecule has 0 heterocycles. The van der Waals surface area contributed by atoms with Gasteiger partial charge in [-0.15, -0.1) is 0 Å². The molecule has 0 atom stereocenters. The molecule has 2 aromatic rings. The predicted octanol–water partition coefficient (Wildman–Crippen LogP) is 3.16. The van der Waals surface area contributed by atoms with Gasteiger partial charge in [-0.25, -0.2) is 4.86 Å². The van der Waals surface area contributed by atoms with Crippen molar-refractivity contribution in [1.82, 2.24) is 4.86 Å². The van der Waals surface area contributed by atoms with Gasteiger partial charge in [-0.2, -0.15) is 0 Å². The second-order valence-electron chi connectivity index (χ2n) is 4.73. The van der Waals surface area contributed by atoms with Crippen molar-refractivity contribution in [2.75, 3.05) is 13.3 Å². The lowest BCUT2D eigenvalue weighted by atomic mass is 10.4. The average molecular weight is 309 g/mol.